The molecule has 1 aliphatic heterocycles. The van der Waals surface area contributed by atoms with E-state index >= 15 is 0 Å². The Bertz CT molecular complexity index is 457. The van der Waals surface area contributed by atoms with Crippen molar-refractivity contribution in [2.24, 2.45) is 10.7 Å². The standard InChI is InChI=1S/C12H14N2O3/c1-8(15)10-4-2-3-5-11(10)16-7-9-6-14-12(13)17-9/h2-5,9H,6-7H2,1H3,(H2,13,14). The van der Waals surface area contributed by atoms with E-state index in [4.69, 9.17) is 15.2 Å². The fourth-order valence-corrected chi connectivity index (χ4v) is 1.59. The lowest BCUT2D eigenvalue weighted by Gasteiger charge is -2.13. The highest BCUT2D eigenvalue weighted by Gasteiger charge is 2.19. The molecule has 0 bridgehead atoms. The molecule has 5 nitrogen and oxygen atoms in total. The predicted molar refractivity (Wildman–Crippen MR) is 63.3 cm³/mol. The van der Waals surface area contributed by atoms with Crippen molar-refractivity contribution in [3.8, 4) is 5.75 Å². The van der Waals surface area contributed by atoms with Gasteiger partial charge in [0.2, 0.25) is 0 Å². The smallest absolute Gasteiger partial charge is 0.282 e. The lowest BCUT2D eigenvalue weighted by Crippen LogP contribution is -2.24. The lowest BCUT2D eigenvalue weighted by molar-refractivity contribution is 0.100. The van der Waals surface area contributed by atoms with Gasteiger partial charge in [0.1, 0.15) is 12.4 Å². The molecule has 0 amide bonds. The summed E-state index contributed by atoms with van der Waals surface area (Å²) in [7, 11) is 0. The predicted octanol–water partition coefficient (Wildman–Crippen LogP) is 0.982. The zero-order chi connectivity index (χ0) is 12.3. The molecular weight excluding hydrogens is 220 g/mol. The van der Waals surface area contributed by atoms with E-state index in [9.17, 15) is 4.79 Å². The van der Waals surface area contributed by atoms with Crippen LogP contribution in [0.3, 0.4) is 0 Å². The fourth-order valence-electron chi connectivity index (χ4n) is 1.59. The maximum Gasteiger partial charge on any atom is 0.282 e. The first-order chi connectivity index (χ1) is 8.16. The van der Waals surface area contributed by atoms with E-state index in [1.54, 1.807) is 18.2 Å². The van der Waals surface area contributed by atoms with Crippen molar-refractivity contribution >= 4 is 11.8 Å². The molecule has 1 unspecified atom stereocenters. The van der Waals surface area contributed by atoms with Crippen molar-refractivity contribution in [3.05, 3.63) is 29.8 Å². The van der Waals surface area contributed by atoms with E-state index in [2.05, 4.69) is 4.99 Å². The van der Waals surface area contributed by atoms with Crippen molar-refractivity contribution in [1.29, 1.82) is 0 Å². The Labute approximate surface area is 99.2 Å². The monoisotopic (exact) mass is 234 g/mol. The average Bonchev–Trinajstić information content (AvgIpc) is 2.73. The van der Waals surface area contributed by atoms with Gasteiger partial charge in [0.15, 0.2) is 11.9 Å². The van der Waals surface area contributed by atoms with Crippen LogP contribution >= 0.6 is 0 Å². The van der Waals surface area contributed by atoms with Crippen LogP contribution in [0.1, 0.15) is 17.3 Å². The van der Waals surface area contributed by atoms with Gasteiger partial charge in [-0.15, -0.1) is 0 Å². The summed E-state index contributed by atoms with van der Waals surface area (Å²) in [5.41, 5.74) is 5.96. The van der Waals surface area contributed by atoms with Crippen LogP contribution in [0, 0.1) is 0 Å². The molecule has 1 aromatic carbocycles. The molecule has 0 saturated carbocycles. The van der Waals surface area contributed by atoms with Gasteiger partial charge in [-0.1, -0.05) is 12.1 Å². The van der Waals surface area contributed by atoms with E-state index < -0.39 is 0 Å². The summed E-state index contributed by atoms with van der Waals surface area (Å²) in [6.07, 6.45) is -0.171. The van der Waals surface area contributed by atoms with E-state index in [0.717, 1.165) is 0 Å². The van der Waals surface area contributed by atoms with Gasteiger partial charge in [-0.05, 0) is 19.1 Å². The van der Waals surface area contributed by atoms with E-state index in [1.165, 1.54) is 6.92 Å². The number of Topliss-reactive ketones (excluding diaryl/α,β-unsaturated/α-hetero) is 1. The molecular formula is C12H14N2O3. The number of nitrogens with zero attached hydrogens (tertiary/aromatic N) is 1. The first kappa shape index (κ1) is 11.4. The molecule has 1 aromatic rings. The molecule has 0 aromatic heterocycles. The van der Waals surface area contributed by atoms with Crippen molar-refractivity contribution in [1.82, 2.24) is 0 Å². The Morgan fingerprint density at radius 1 is 1.59 bits per heavy atom. The Hall–Kier alpha value is -2.04. The van der Waals surface area contributed by atoms with Crippen LogP contribution in [0.2, 0.25) is 0 Å². The highest BCUT2D eigenvalue weighted by Crippen LogP contribution is 2.19. The van der Waals surface area contributed by atoms with E-state index in [1.807, 2.05) is 6.07 Å². The summed E-state index contributed by atoms with van der Waals surface area (Å²) in [5.74, 6) is 0.540. The minimum absolute atomic E-state index is 0.0243. The van der Waals surface area contributed by atoms with Crippen LogP contribution in [0.25, 0.3) is 0 Å². The molecule has 5 heteroatoms. The number of hydrogen-bond donors (Lipinski definition) is 1. The maximum absolute atomic E-state index is 11.4. The molecule has 1 heterocycles. The molecule has 0 spiro atoms. The second kappa shape index (κ2) is 4.86. The number of ether oxygens (including phenoxy) is 2. The maximum atomic E-state index is 11.4. The van der Waals surface area contributed by atoms with Crippen molar-refractivity contribution in [3.63, 3.8) is 0 Å². The van der Waals surface area contributed by atoms with Gasteiger partial charge in [-0.2, -0.15) is 0 Å². The molecule has 17 heavy (non-hydrogen) atoms. The molecule has 0 saturated heterocycles. The van der Waals surface area contributed by atoms with E-state index in [-0.39, 0.29) is 17.9 Å². The summed E-state index contributed by atoms with van der Waals surface area (Å²) in [5, 5.41) is 0. The number of carbonyl (C=O) groups excluding carboxylic acids is 1. The van der Waals surface area contributed by atoms with Crippen molar-refractivity contribution in [2.45, 2.75) is 13.0 Å². The third kappa shape index (κ3) is 2.75. The van der Waals surface area contributed by atoms with Gasteiger partial charge in [-0.25, -0.2) is 4.99 Å². The minimum atomic E-state index is -0.171. The molecule has 0 fully saturated rings. The molecule has 90 valence electrons. The Balaban J connectivity index is 1.97. The van der Waals surface area contributed by atoms with Crippen LogP contribution in [0.5, 0.6) is 5.75 Å². The van der Waals surface area contributed by atoms with Gasteiger partial charge in [0.25, 0.3) is 6.02 Å². The molecule has 2 rings (SSSR count). The third-order valence-electron chi connectivity index (χ3n) is 2.43. The van der Waals surface area contributed by atoms with Crippen LogP contribution < -0.4 is 10.5 Å². The number of carbonyl (C=O) groups is 1. The number of hydrogen-bond acceptors (Lipinski definition) is 5. The lowest BCUT2D eigenvalue weighted by atomic mass is 10.1. The summed E-state index contributed by atoms with van der Waals surface area (Å²) in [6.45, 7) is 2.33. The third-order valence-corrected chi connectivity index (χ3v) is 2.43. The topological polar surface area (TPSA) is 73.9 Å². The highest BCUT2D eigenvalue weighted by atomic mass is 16.5. The Morgan fingerprint density at radius 2 is 2.35 bits per heavy atom. The second-order valence-electron chi connectivity index (χ2n) is 3.78. The number of aliphatic imine (C=N–C) groups is 1. The number of amidine groups is 1. The molecule has 1 aliphatic rings. The Kier molecular flexibility index (Phi) is 3.27. The van der Waals surface area contributed by atoms with Gasteiger partial charge >= 0.3 is 0 Å². The molecule has 1 atom stereocenters. The quantitative estimate of drug-likeness (QED) is 0.788. The van der Waals surface area contributed by atoms with Crippen LogP contribution in [-0.4, -0.2) is 31.1 Å². The molecule has 2 N–H and O–H groups in total. The van der Waals surface area contributed by atoms with Gasteiger partial charge in [0, 0.05) is 0 Å². The summed E-state index contributed by atoms with van der Waals surface area (Å²) >= 11 is 0. The van der Waals surface area contributed by atoms with Gasteiger partial charge < -0.3 is 15.2 Å². The van der Waals surface area contributed by atoms with Crippen LogP contribution in [-0.2, 0) is 4.74 Å². The first-order valence-electron chi connectivity index (χ1n) is 5.36. The first-order valence-corrected chi connectivity index (χ1v) is 5.36. The van der Waals surface area contributed by atoms with E-state index in [0.29, 0.717) is 24.5 Å². The Morgan fingerprint density at radius 3 is 3.00 bits per heavy atom. The zero-order valence-corrected chi connectivity index (χ0v) is 9.55. The van der Waals surface area contributed by atoms with Gasteiger partial charge in [-0.3, -0.25) is 4.79 Å². The number of rotatable bonds is 4. The number of para-hydroxylation sites is 1. The number of nitrogens with two attached hydrogens (primary N) is 1. The second-order valence-corrected chi connectivity index (χ2v) is 3.78. The van der Waals surface area contributed by atoms with Crippen LogP contribution in [0.4, 0.5) is 0 Å². The largest absolute Gasteiger partial charge is 0.489 e. The SMILES string of the molecule is CC(=O)c1ccccc1OCC1CN=C(N)O1. The van der Waals surface area contributed by atoms with Gasteiger partial charge in [0.05, 0.1) is 12.1 Å². The summed E-state index contributed by atoms with van der Waals surface area (Å²) < 4.78 is 10.8. The van der Waals surface area contributed by atoms with Crippen molar-refractivity contribution in [2.75, 3.05) is 13.2 Å². The highest BCUT2D eigenvalue weighted by molar-refractivity contribution is 5.96. The minimum Gasteiger partial charge on any atom is -0.489 e. The summed E-state index contributed by atoms with van der Waals surface area (Å²) in [4.78, 5) is 15.3. The average molecular weight is 234 g/mol. The number of ketones is 1. The van der Waals surface area contributed by atoms with Crippen LogP contribution in [0.15, 0.2) is 29.3 Å². The molecule has 0 aliphatic carbocycles. The zero-order valence-electron chi connectivity index (χ0n) is 9.55. The summed E-state index contributed by atoms with van der Waals surface area (Å²) in [6, 6.07) is 7.31. The normalized spacial score (nSPS) is 18.4. The molecule has 0 radical (unpaired) electrons. The number of benzene rings is 1. The van der Waals surface area contributed by atoms with Crippen molar-refractivity contribution < 1.29 is 14.3 Å². The fraction of sp³-hybridized carbons (Fsp3) is 0.333.